The normalized spacial score (nSPS) is 10.7. The van der Waals surface area contributed by atoms with Gasteiger partial charge in [-0.05, 0) is 31.2 Å². The predicted octanol–water partition coefficient (Wildman–Crippen LogP) is 2.18. The molecular weight excluding hydrogens is 268 g/mol. The van der Waals surface area contributed by atoms with Crippen molar-refractivity contribution in [3.63, 3.8) is 0 Å². The van der Waals surface area contributed by atoms with Gasteiger partial charge in [0.15, 0.2) is 5.69 Å². The van der Waals surface area contributed by atoms with E-state index >= 15 is 0 Å². The van der Waals surface area contributed by atoms with Crippen molar-refractivity contribution in [3.05, 3.63) is 48.5 Å². The highest BCUT2D eigenvalue weighted by atomic mass is 16.5. The number of carbonyl (C=O) groups excluding carboxylic acids is 1. The summed E-state index contributed by atoms with van der Waals surface area (Å²) in [6.45, 7) is 2.02. The van der Waals surface area contributed by atoms with Gasteiger partial charge in [-0.15, -0.1) is 0 Å². The molecule has 2 aromatic heterocycles. The highest BCUT2D eigenvalue weighted by molar-refractivity contribution is 5.94. The van der Waals surface area contributed by atoms with E-state index in [1.54, 1.807) is 17.7 Å². The van der Waals surface area contributed by atoms with Gasteiger partial charge in [-0.25, -0.2) is 9.78 Å². The summed E-state index contributed by atoms with van der Waals surface area (Å²) in [6, 6.07) is 9.50. The van der Waals surface area contributed by atoms with Gasteiger partial charge < -0.3 is 10.5 Å². The van der Waals surface area contributed by atoms with Crippen molar-refractivity contribution in [2.45, 2.75) is 6.92 Å². The molecule has 6 nitrogen and oxygen atoms in total. The molecule has 0 fully saturated rings. The SMILES string of the molecule is CCOC(=O)c1ncn(-c2cccc3ncccc23)c1N. The Kier molecular flexibility index (Phi) is 3.27. The molecule has 0 aliphatic rings. The zero-order valence-corrected chi connectivity index (χ0v) is 11.5. The topological polar surface area (TPSA) is 83.0 Å². The minimum atomic E-state index is -0.521. The zero-order valence-electron chi connectivity index (χ0n) is 11.5. The van der Waals surface area contributed by atoms with Crippen molar-refractivity contribution in [1.82, 2.24) is 14.5 Å². The van der Waals surface area contributed by atoms with Crippen molar-refractivity contribution in [2.75, 3.05) is 12.3 Å². The van der Waals surface area contributed by atoms with Gasteiger partial charge in [0.1, 0.15) is 12.1 Å². The number of hydrogen-bond donors (Lipinski definition) is 1. The number of benzene rings is 1. The molecule has 3 rings (SSSR count). The van der Waals surface area contributed by atoms with Crippen LogP contribution < -0.4 is 5.73 Å². The lowest BCUT2D eigenvalue weighted by atomic mass is 10.2. The minimum absolute atomic E-state index is 0.123. The second-order valence-corrected chi connectivity index (χ2v) is 4.42. The molecule has 0 spiro atoms. The number of nitrogens with zero attached hydrogens (tertiary/aromatic N) is 3. The molecule has 0 amide bonds. The van der Waals surface area contributed by atoms with Crippen LogP contribution in [0.1, 0.15) is 17.4 Å². The third-order valence-corrected chi connectivity index (χ3v) is 3.16. The van der Waals surface area contributed by atoms with Crippen molar-refractivity contribution >= 4 is 22.7 Å². The van der Waals surface area contributed by atoms with E-state index in [2.05, 4.69) is 9.97 Å². The van der Waals surface area contributed by atoms with E-state index in [-0.39, 0.29) is 18.1 Å². The van der Waals surface area contributed by atoms with Crippen molar-refractivity contribution < 1.29 is 9.53 Å². The highest BCUT2D eigenvalue weighted by Gasteiger charge is 2.18. The van der Waals surface area contributed by atoms with Crippen molar-refractivity contribution in [1.29, 1.82) is 0 Å². The first kappa shape index (κ1) is 13.1. The van der Waals surface area contributed by atoms with Crippen LogP contribution in [0, 0.1) is 0 Å². The molecule has 21 heavy (non-hydrogen) atoms. The second kappa shape index (κ2) is 5.24. The van der Waals surface area contributed by atoms with Crippen LogP contribution in [0.25, 0.3) is 16.6 Å². The summed E-state index contributed by atoms with van der Waals surface area (Å²) < 4.78 is 6.60. The maximum Gasteiger partial charge on any atom is 0.360 e. The average Bonchev–Trinajstić information content (AvgIpc) is 2.88. The molecule has 0 atom stereocenters. The smallest absolute Gasteiger partial charge is 0.360 e. The monoisotopic (exact) mass is 282 g/mol. The van der Waals surface area contributed by atoms with E-state index < -0.39 is 5.97 Å². The van der Waals surface area contributed by atoms with Gasteiger partial charge in [0.2, 0.25) is 0 Å². The van der Waals surface area contributed by atoms with Crippen LogP contribution in [-0.4, -0.2) is 27.1 Å². The van der Waals surface area contributed by atoms with Crippen molar-refractivity contribution in [2.24, 2.45) is 0 Å². The number of aromatic nitrogens is 3. The van der Waals surface area contributed by atoms with Crippen LogP contribution in [0.2, 0.25) is 0 Å². The first-order chi connectivity index (χ1) is 10.2. The molecule has 0 saturated carbocycles. The molecule has 6 heteroatoms. The van der Waals surface area contributed by atoms with Crippen molar-refractivity contribution in [3.8, 4) is 5.69 Å². The van der Waals surface area contributed by atoms with Gasteiger partial charge in [-0.2, -0.15) is 0 Å². The van der Waals surface area contributed by atoms with Crippen LogP contribution >= 0.6 is 0 Å². The number of pyridine rings is 1. The number of fused-ring (bicyclic) bond motifs is 1. The molecular formula is C15H14N4O2. The quantitative estimate of drug-likeness (QED) is 0.744. The van der Waals surface area contributed by atoms with Crippen LogP contribution in [0.5, 0.6) is 0 Å². The van der Waals surface area contributed by atoms with Gasteiger partial charge in [0.25, 0.3) is 0 Å². The number of esters is 1. The van der Waals surface area contributed by atoms with E-state index in [0.717, 1.165) is 16.6 Å². The maximum absolute atomic E-state index is 11.8. The Morgan fingerprint density at radius 2 is 2.14 bits per heavy atom. The summed E-state index contributed by atoms with van der Waals surface area (Å²) in [5, 5.41) is 0.930. The number of imidazole rings is 1. The number of rotatable bonds is 3. The number of anilines is 1. The Morgan fingerprint density at radius 1 is 1.29 bits per heavy atom. The maximum atomic E-state index is 11.8. The fourth-order valence-corrected chi connectivity index (χ4v) is 2.20. The summed E-state index contributed by atoms with van der Waals surface area (Å²) >= 11 is 0. The standard InChI is InChI=1S/C15H14N4O2/c1-2-21-15(20)13-14(16)19(9-18-13)12-7-3-6-11-10(12)5-4-8-17-11/h3-9H,2,16H2,1H3. The van der Waals surface area contributed by atoms with Crippen LogP contribution in [0.4, 0.5) is 5.82 Å². The van der Waals surface area contributed by atoms with E-state index in [1.807, 2.05) is 30.3 Å². The lowest BCUT2D eigenvalue weighted by Crippen LogP contribution is -2.09. The highest BCUT2D eigenvalue weighted by Crippen LogP contribution is 2.24. The molecule has 0 saturated heterocycles. The molecule has 0 radical (unpaired) electrons. The Labute approximate surface area is 121 Å². The van der Waals surface area contributed by atoms with Gasteiger partial charge in [-0.1, -0.05) is 6.07 Å². The molecule has 0 aliphatic carbocycles. The number of nitrogens with two attached hydrogens (primary N) is 1. The summed E-state index contributed by atoms with van der Waals surface area (Å²) in [5.74, 6) is -0.267. The summed E-state index contributed by atoms with van der Waals surface area (Å²) in [6.07, 6.45) is 3.25. The zero-order chi connectivity index (χ0) is 14.8. The summed E-state index contributed by atoms with van der Waals surface area (Å²) in [7, 11) is 0. The number of ether oxygens (including phenoxy) is 1. The summed E-state index contributed by atoms with van der Waals surface area (Å²) in [4.78, 5) is 20.1. The van der Waals surface area contributed by atoms with E-state index in [1.165, 1.54) is 6.33 Å². The lowest BCUT2D eigenvalue weighted by Gasteiger charge is -2.08. The van der Waals surface area contributed by atoms with E-state index in [4.69, 9.17) is 10.5 Å². The molecule has 106 valence electrons. The van der Waals surface area contributed by atoms with Gasteiger partial charge in [0.05, 0.1) is 17.8 Å². The van der Waals surface area contributed by atoms with Gasteiger partial charge in [-0.3, -0.25) is 9.55 Å². The Morgan fingerprint density at radius 3 is 2.95 bits per heavy atom. The minimum Gasteiger partial charge on any atom is -0.461 e. The molecule has 2 heterocycles. The first-order valence-corrected chi connectivity index (χ1v) is 6.56. The van der Waals surface area contributed by atoms with E-state index in [0.29, 0.717) is 0 Å². The van der Waals surface area contributed by atoms with Gasteiger partial charge >= 0.3 is 5.97 Å². The molecule has 0 aliphatic heterocycles. The predicted molar refractivity (Wildman–Crippen MR) is 79.2 cm³/mol. The van der Waals surface area contributed by atoms with E-state index in [9.17, 15) is 4.79 Å². The summed E-state index contributed by atoms with van der Waals surface area (Å²) in [5.41, 5.74) is 7.83. The fourth-order valence-electron chi connectivity index (χ4n) is 2.20. The van der Waals surface area contributed by atoms with Crippen LogP contribution in [0.15, 0.2) is 42.9 Å². The second-order valence-electron chi connectivity index (χ2n) is 4.42. The van der Waals surface area contributed by atoms with Gasteiger partial charge in [0, 0.05) is 11.6 Å². The molecule has 3 aromatic rings. The largest absolute Gasteiger partial charge is 0.461 e. The third kappa shape index (κ3) is 2.20. The Bertz CT molecular complexity index is 805. The number of nitrogen functional groups attached to an aromatic ring is 1. The Hall–Kier alpha value is -2.89. The molecule has 1 aromatic carbocycles. The number of carbonyl (C=O) groups is 1. The first-order valence-electron chi connectivity index (χ1n) is 6.56. The average molecular weight is 282 g/mol. The third-order valence-electron chi connectivity index (χ3n) is 3.16. The number of hydrogen-bond acceptors (Lipinski definition) is 5. The Balaban J connectivity index is 2.14. The fraction of sp³-hybridized carbons (Fsp3) is 0.133. The van der Waals surface area contributed by atoms with Crippen LogP contribution in [0.3, 0.4) is 0 Å². The lowest BCUT2D eigenvalue weighted by molar-refractivity contribution is 0.0521. The molecule has 0 bridgehead atoms. The molecule has 0 unspecified atom stereocenters. The molecule has 2 N–H and O–H groups in total. The van der Waals surface area contributed by atoms with Crippen LogP contribution in [-0.2, 0) is 4.74 Å².